The lowest BCUT2D eigenvalue weighted by Gasteiger charge is -2.35. The van der Waals surface area contributed by atoms with E-state index in [4.69, 9.17) is 30.2 Å². The normalized spacial score (nSPS) is 13.5. The van der Waals surface area contributed by atoms with Gasteiger partial charge < -0.3 is 19.3 Å². The number of rotatable bonds is 11. The smallest absolute Gasteiger partial charge is 0.357 e. The third-order valence-corrected chi connectivity index (χ3v) is 13.0. The molecule has 372 valence electrons. The van der Waals surface area contributed by atoms with Crippen molar-refractivity contribution in [1.29, 1.82) is 10.5 Å². The largest absolute Gasteiger partial charge is 0.461 e. The van der Waals surface area contributed by atoms with Crippen LogP contribution in [0.2, 0.25) is 0 Å². The Bertz CT molecular complexity index is 3240. The third kappa shape index (κ3) is 11.9. The first-order valence-electron chi connectivity index (χ1n) is 24.6. The molecule has 15 nitrogen and oxygen atoms in total. The van der Waals surface area contributed by atoms with E-state index in [2.05, 4.69) is 95.2 Å². The molecule has 2 saturated heterocycles. The number of fused-ring (bicyclic) bond motifs is 2. The molecule has 0 atom stereocenters. The first-order chi connectivity index (χ1) is 35.7. The molecule has 73 heavy (non-hydrogen) atoms. The number of esters is 2. The maximum atomic E-state index is 12.7. The van der Waals surface area contributed by atoms with Crippen molar-refractivity contribution >= 4 is 61.3 Å². The summed E-state index contributed by atoms with van der Waals surface area (Å²) in [6.07, 6.45) is 3.80. The van der Waals surface area contributed by atoms with Crippen molar-refractivity contribution in [2.45, 2.75) is 47.0 Å². The quantitative estimate of drug-likeness (QED) is 0.0681. The minimum absolute atomic E-state index is 0.258. The summed E-state index contributed by atoms with van der Waals surface area (Å²) in [6.45, 7) is 14.3. The number of hydrogen-bond acceptors (Lipinski definition) is 13. The lowest BCUT2D eigenvalue weighted by molar-refractivity contribution is 0.0510. The van der Waals surface area contributed by atoms with Gasteiger partial charge in [-0.3, -0.25) is 4.90 Å². The number of hydrogen-bond donors (Lipinski definition) is 0. The van der Waals surface area contributed by atoms with E-state index in [0.29, 0.717) is 29.8 Å². The van der Waals surface area contributed by atoms with Crippen LogP contribution in [0.25, 0.3) is 55.7 Å². The Hall–Kier alpha value is -7.92. The Labute approximate surface area is 434 Å². The number of halogens is 1. The van der Waals surface area contributed by atoms with E-state index < -0.39 is 11.9 Å². The number of carbonyl (C=O) groups excluding carboxylic acids is 2. The molecule has 2 aliphatic heterocycles. The van der Waals surface area contributed by atoms with Gasteiger partial charge in [-0.15, -0.1) is 0 Å². The number of anilines is 2. The zero-order valence-electron chi connectivity index (χ0n) is 41.7. The van der Waals surface area contributed by atoms with Crippen molar-refractivity contribution in [2.75, 3.05) is 74.2 Å². The van der Waals surface area contributed by atoms with Gasteiger partial charge >= 0.3 is 11.9 Å². The van der Waals surface area contributed by atoms with Gasteiger partial charge in [0.25, 0.3) is 0 Å². The Morgan fingerprint density at radius 1 is 0.562 bits per heavy atom. The summed E-state index contributed by atoms with van der Waals surface area (Å²) in [4.78, 5) is 41.7. The average molecular weight is 1040 g/mol. The highest BCUT2D eigenvalue weighted by molar-refractivity contribution is 9.09. The van der Waals surface area contributed by atoms with E-state index in [-0.39, 0.29) is 18.0 Å². The molecule has 2 aliphatic rings. The zero-order chi connectivity index (χ0) is 51.3. The Morgan fingerprint density at radius 3 is 1.36 bits per heavy atom. The van der Waals surface area contributed by atoms with Gasteiger partial charge in [-0.25, -0.2) is 28.9 Å². The fourth-order valence-corrected chi connectivity index (χ4v) is 9.27. The number of nitrogens with zero attached hydrogens (tertiary/aromatic N) is 11. The zero-order valence-corrected chi connectivity index (χ0v) is 43.3. The number of ether oxygens (including phenoxy) is 2. The van der Waals surface area contributed by atoms with Crippen molar-refractivity contribution in [3.8, 4) is 45.8 Å². The van der Waals surface area contributed by atoms with Gasteiger partial charge in [-0.2, -0.15) is 20.7 Å². The van der Waals surface area contributed by atoms with Crippen LogP contribution in [0.4, 0.5) is 11.4 Å². The average Bonchev–Trinajstić information content (AvgIpc) is 3.97. The number of para-hydroxylation sites is 2. The van der Waals surface area contributed by atoms with Crippen LogP contribution in [0.1, 0.15) is 65.5 Å². The van der Waals surface area contributed by atoms with Crippen molar-refractivity contribution in [3.63, 3.8) is 0 Å². The molecular formula is C57H58BrN11O4. The first-order valence-corrected chi connectivity index (χ1v) is 25.8. The maximum absolute atomic E-state index is 12.7. The van der Waals surface area contributed by atoms with Crippen LogP contribution in [-0.4, -0.2) is 111 Å². The standard InChI is InChI=1S/C28H28N6O2.C27H28N4O2.C2H2BrN/c1-3-36-28(35)25-19-24(26-20(2)31-34(27(26)30-25)23-7-5-4-6-8-23)21-9-11-22(12-10-21)33-17-15-32(14-13-29)16-18-33;1-3-33-27(32)24-18-23(20-12-14-21(15-13-20)30-16-8-5-9-17-30)25-19(2)29-31(26(25)28-24)22-10-6-4-7-11-22;3-1-2-4/h4-12,19H,3,14-18H2,1-2H3;4,6-7,10-15,18H,3,5,8-9,16-17H2,1-2H3;1H2. The van der Waals surface area contributed by atoms with Crippen LogP contribution in [0.5, 0.6) is 0 Å². The molecule has 0 bridgehead atoms. The molecule has 6 heterocycles. The molecule has 8 aromatic rings. The SMILES string of the molecule is CCOC(=O)c1cc(-c2ccc(N3CCCCC3)cc2)c2c(C)nn(-c3ccccc3)c2n1.CCOC(=O)c1cc(-c2ccc(N3CCN(CC#N)CC3)cc2)c2c(C)nn(-c3ccccc3)c2n1.N#CCBr. The highest BCUT2D eigenvalue weighted by Crippen LogP contribution is 2.36. The molecule has 4 aromatic carbocycles. The summed E-state index contributed by atoms with van der Waals surface area (Å²) in [6, 6.07) is 44.4. The Kier molecular flexibility index (Phi) is 17.2. The molecule has 0 N–H and O–H groups in total. The predicted molar refractivity (Wildman–Crippen MR) is 290 cm³/mol. The second-order valence-corrected chi connectivity index (χ2v) is 18.0. The molecule has 16 heteroatoms. The van der Waals surface area contributed by atoms with E-state index in [1.165, 1.54) is 24.9 Å². The number of piperidine rings is 1. The molecule has 10 rings (SSSR count). The molecule has 2 fully saturated rings. The van der Waals surface area contributed by atoms with Crippen LogP contribution in [-0.2, 0) is 9.47 Å². The highest BCUT2D eigenvalue weighted by atomic mass is 79.9. The Balaban J connectivity index is 0.000000182. The van der Waals surface area contributed by atoms with Crippen LogP contribution in [0.15, 0.2) is 121 Å². The molecule has 0 saturated carbocycles. The number of carbonyl (C=O) groups is 2. The summed E-state index contributed by atoms with van der Waals surface area (Å²) in [7, 11) is 0. The first kappa shape index (κ1) is 51.4. The fraction of sp³-hybridized carbons (Fsp3) is 0.298. The summed E-state index contributed by atoms with van der Waals surface area (Å²) in [5.74, 6) is -0.880. The number of aryl methyl sites for hydroxylation is 2. The molecule has 0 aliphatic carbocycles. The van der Waals surface area contributed by atoms with Crippen LogP contribution >= 0.6 is 15.9 Å². The maximum Gasteiger partial charge on any atom is 0.357 e. The van der Waals surface area contributed by atoms with Crippen molar-refractivity contribution in [2.24, 2.45) is 0 Å². The number of aromatic nitrogens is 6. The topological polar surface area (TPSA) is 171 Å². The van der Waals surface area contributed by atoms with Gasteiger partial charge in [0.1, 0.15) is 0 Å². The van der Waals surface area contributed by atoms with Crippen molar-refractivity contribution in [1.82, 2.24) is 34.4 Å². The lowest BCUT2D eigenvalue weighted by Crippen LogP contribution is -2.46. The molecule has 0 amide bonds. The van der Waals surface area contributed by atoms with Gasteiger partial charge in [0, 0.05) is 50.6 Å². The molecule has 0 radical (unpaired) electrons. The van der Waals surface area contributed by atoms with E-state index in [1.807, 2.05) is 86.6 Å². The molecular weight excluding hydrogens is 983 g/mol. The minimum Gasteiger partial charge on any atom is -0.461 e. The summed E-state index contributed by atoms with van der Waals surface area (Å²) < 4.78 is 14.2. The summed E-state index contributed by atoms with van der Waals surface area (Å²) in [5.41, 5.74) is 11.5. The van der Waals surface area contributed by atoms with E-state index in [1.54, 1.807) is 29.3 Å². The number of nitriles is 2. The second kappa shape index (κ2) is 24.5. The minimum atomic E-state index is -0.453. The number of alkyl halides is 1. The molecule has 4 aromatic heterocycles. The van der Waals surface area contributed by atoms with Crippen LogP contribution in [0.3, 0.4) is 0 Å². The van der Waals surface area contributed by atoms with Gasteiger partial charge in [-0.05, 0) is 130 Å². The molecule has 0 spiro atoms. The van der Waals surface area contributed by atoms with Crippen molar-refractivity contribution in [3.05, 3.63) is 144 Å². The number of benzene rings is 4. The highest BCUT2D eigenvalue weighted by Gasteiger charge is 2.24. The third-order valence-electron chi connectivity index (χ3n) is 12.8. The van der Waals surface area contributed by atoms with E-state index >= 15 is 0 Å². The summed E-state index contributed by atoms with van der Waals surface area (Å²) >= 11 is 2.89. The van der Waals surface area contributed by atoms with Crippen molar-refractivity contribution < 1.29 is 19.1 Å². The summed E-state index contributed by atoms with van der Waals surface area (Å²) in [5, 5.41) is 28.4. The monoisotopic (exact) mass is 1040 g/mol. The van der Waals surface area contributed by atoms with E-state index in [0.717, 1.165) is 101 Å². The lowest BCUT2D eigenvalue weighted by atomic mass is 10.00. The number of pyridine rings is 2. The second-order valence-electron chi connectivity index (χ2n) is 17.5. The van der Waals surface area contributed by atoms with Gasteiger partial charge in [-0.1, -0.05) is 76.6 Å². The van der Waals surface area contributed by atoms with Gasteiger partial charge in [0.2, 0.25) is 0 Å². The molecule has 0 unspecified atom stereocenters. The fourth-order valence-electron chi connectivity index (χ4n) is 9.27. The Morgan fingerprint density at radius 2 is 0.973 bits per heavy atom. The van der Waals surface area contributed by atoms with E-state index in [9.17, 15) is 9.59 Å². The van der Waals surface area contributed by atoms with Gasteiger partial charge in [0.15, 0.2) is 22.7 Å². The number of piperazine rings is 1. The van der Waals surface area contributed by atoms with Crippen LogP contribution in [0, 0.1) is 36.5 Å². The predicted octanol–water partition coefficient (Wildman–Crippen LogP) is 10.7. The van der Waals surface area contributed by atoms with Gasteiger partial charge in [0.05, 0.1) is 70.8 Å². The van der Waals surface area contributed by atoms with Crippen LogP contribution < -0.4 is 9.80 Å².